The predicted molar refractivity (Wildman–Crippen MR) is 76.5 cm³/mol. The zero-order valence-electron chi connectivity index (χ0n) is 11.6. The lowest BCUT2D eigenvalue weighted by molar-refractivity contribution is 0.271. The number of nitrogens with zero attached hydrogens (tertiary/aromatic N) is 1. The van der Waals surface area contributed by atoms with Crippen LogP contribution in [0.2, 0.25) is 0 Å². The molecule has 0 fully saturated rings. The number of aryl methyl sites for hydroxylation is 1. The van der Waals surface area contributed by atoms with Crippen LogP contribution >= 0.6 is 0 Å². The molecule has 1 unspecified atom stereocenters. The molecular formula is C16H19NO2. The second-order valence-corrected chi connectivity index (χ2v) is 4.77. The van der Waals surface area contributed by atoms with E-state index in [0.29, 0.717) is 0 Å². The summed E-state index contributed by atoms with van der Waals surface area (Å²) in [5.74, 6) is 0.886. The van der Waals surface area contributed by atoms with Gasteiger partial charge in [0, 0.05) is 17.2 Å². The lowest BCUT2D eigenvalue weighted by Gasteiger charge is -2.11. The van der Waals surface area contributed by atoms with Crippen LogP contribution < -0.4 is 4.74 Å². The Hall–Kier alpha value is -1.87. The van der Waals surface area contributed by atoms with Crippen molar-refractivity contribution < 1.29 is 9.84 Å². The third-order valence-electron chi connectivity index (χ3n) is 3.15. The summed E-state index contributed by atoms with van der Waals surface area (Å²) in [4.78, 5) is 4.63. The number of ether oxygens (including phenoxy) is 1. The van der Waals surface area contributed by atoms with Crippen LogP contribution in [0.15, 0.2) is 36.4 Å². The number of rotatable bonds is 4. The van der Waals surface area contributed by atoms with Crippen LogP contribution in [-0.2, 0) is 0 Å². The number of aliphatic hydroxyl groups excluding tert-OH is 1. The molecule has 2 aromatic rings. The second kappa shape index (κ2) is 5.85. The first-order valence-electron chi connectivity index (χ1n) is 6.38. The van der Waals surface area contributed by atoms with Gasteiger partial charge < -0.3 is 9.84 Å². The van der Waals surface area contributed by atoms with Crippen molar-refractivity contribution in [1.29, 1.82) is 0 Å². The van der Waals surface area contributed by atoms with E-state index in [0.717, 1.165) is 28.3 Å². The molecule has 1 heterocycles. The van der Waals surface area contributed by atoms with Crippen LogP contribution in [0, 0.1) is 6.92 Å². The van der Waals surface area contributed by atoms with Gasteiger partial charge in [-0.3, -0.25) is 4.98 Å². The number of aliphatic hydroxyl groups is 1. The predicted octanol–water partition coefficient (Wildman–Crippen LogP) is 3.16. The van der Waals surface area contributed by atoms with Crippen molar-refractivity contribution in [3.63, 3.8) is 0 Å². The lowest BCUT2D eigenvalue weighted by Crippen LogP contribution is -2.03. The Kier molecular flexibility index (Phi) is 4.17. The van der Waals surface area contributed by atoms with Gasteiger partial charge in [0.1, 0.15) is 5.75 Å². The van der Waals surface area contributed by atoms with Gasteiger partial charge in [-0.15, -0.1) is 0 Å². The summed E-state index contributed by atoms with van der Waals surface area (Å²) in [6.45, 7) is 4.13. The van der Waals surface area contributed by atoms with Crippen LogP contribution in [0.1, 0.15) is 24.1 Å². The van der Waals surface area contributed by atoms with Crippen LogP contribution in [0.5, 0.6) is 5.75 Å². The highest BCUT2D eigenvalue weighted by molar-refractivity contribution is 5.61. The quantitative estimate of drug-likeness (QED) is 0.914. The van der Waals surface area contributed by atoms with Crippen LogP contribution in [0.3, 0.4) is 0 Å². The first kappa shape index (κ1) is 13.6. The minimum Gasteiger partial charge on any atom is -0.497 e. The van der Waals surface area contributed by atoms with Crippen molar-refractivity contribution in [2.75, 3.05) is 13.7 Å². The molecule has 1 atom stereocenters. The van der Waals surface area contributed by atoms with Crippen molar-refractivity contribution in [2.24, 2.45) is 0 Å². The maximum atomic E-state index is 9.25. The average molecular weight is 257 g/mol. The number of aromatic nitrogens is 1. The van der Waals surface area contributed by atoms with Crippen molar-refractivity contribution in [3.05, 3.63) is 47.7 Å². The molecule has 0 aliphatic carbocycles. The molecule has 3 nitrogen and oxygen atoms in total. The number of benzene rings is 1. The fraction of sp³-hybridized carbons (Fsp3) is 0.312. The molecule has 0 bridgehead atoms. The SMILES string of the molecule is COc1ccc(-c2cc(C)cc(C(C)CO)n2)cc1. The normalized spacial score (nSPS) is 12.2. The number of pyridine rings is 1. The molecule has 0 amide bonds. The van der Waals surface area contributed by atoms with E-state index in [2.05, 4.69) is 11.1 Å². The molecule has 0 aliphatic rings. The summed E-state index contributed by atoms with van der Waals surface area (Å²) >= 11 is 0. The Morgan fingerprint density at radius 1 is 1.21 bits per heavy atom. The summed E-state index contributed by atoms with van der Waals surface area (Å²) in [7, 11) is 1.65. The average Bonchev–Trinajstić information content (AvgIpc) is 2.45. The summed E-state index contributed by atoms with van der Waals surface area (Å²) < 4.78 is 5.15. The second-order valence-electron chi connectivity index (χ2n) is 4.77. The highest BCUT2D eigenvalue weighted by Crippen LogP contribution is 2.24. The van der Waals surface area contributed by atoms with Crippen LogP contribution in [0.25, 0.3) is 11.3 Å². The van der Waals surface area contributed by atoms with Gasteiger partial charge in [-0.2, -0.15) is 0 Å². The molecule has 0 spiro atoms. The molecule has 0 saturated carbocycles. The zero-order valence-corrected chi connectivity index (χ0v) is 11.6. The van der Waals surface area contributed by atoms with E-state index in [9.17, 15) is 5.11 Å². The van der Waals surface area contributed by atoms with Crippen molar-refractivity contribution in [1.82, 2.24) is 4.98 Å². The monoisotopic (exact) mass is 257 g/mol. The Morgan fingerprint density at radius 3 is 2.47 bits per heavy atom. The van der Waals surface area contributed by atoms with E-state index in [1.54, 1.807) is 7.11 Å². The van der Waals surface area contributed by atoms with E-state index >= 15 is 0 Å². The zero-order chi connectivity index (χ0) is 13.8. The molecule has 3 heteroatoms. The fourth-order valence-corrected chi connectivity index (χ4v) is 1.95. The van der Waals surface area contributed by atoms with E-state index in [-0.39, 0.29) is 12.5 Å². The Bertz CT molecular complexity index is 549. The highest BCUT2D eigenvalue weighted by Gasteiger charge is 2.09. The van der Waals surface area contributed by atoms with Crippen LogP contribution in [-0.4, -0.2) is 23.8 Å². The maximum absolute atomic E-state index is 9.25. The Labute approximate surface area is 113 Å². The van der Waals surface area contributed by atoms with Gasteiger partial charge in [-0.1, -0.05) is 6.92 Å². The van der Waals surface area contributed by atoms with Crippen LogP contribution in [0.4, 0.5) is 0 Å². The first-order chi connectivity index (χ1) is 9.13. The van der Waals surface area contributed by atoms with E-state index < -0.39 is 0 Å². The Morgan fingerprint density at radius 2 is 1.89 bits per heavy atom. The number of hydrogen-bond acceptors (Lipinski definition) is 3. The minimum absolute atomic E-state index is 0.0527. The van der Waals surface area contributed by atoms with Crippen molar-refractivity contribution in [3.8, 4) is 17.0 Å². The van der Waals surface area contributed by atoms with Gasteiger partial charge in [-0.05, 0) is 48.9 Å². The standard InChI is InChI=1S/C16H19NO2/c1-11-8-15(12(2)10-18)17-16(9-11)13-4-6-14(19-3)7-5-13/h4-9,12,18H,10H2,1-3H3. The van der Waals surface area contributed by atoms with Gasteiger partial charge in [0.15, 0.2) is 0 Å². The molecule has 0 saturated heterocycles. The van der Waals surface area contributed by atoms with E-state index in [1.807, 2.05) is 44.2 Å². The largest absolute Gasteiger partial charge is 0.497 e. The molecular weight excluding hydrogens is 238 g/mol. The number of hydrogen-bond donors (Lipinski definition) is 1. The number of methoxy groups -OCH3 is 1. The minimum atomic E-state index is 0.0527. The van der Waals surface area contributed by atoms with Gasteiger partial charge in [0.05, 0.1) is 19.4 Å². The third-order valence-corrected chi connectivity index (χ3v) is 3.15. The van der Waals surface area contributed by atoms with Crippen molar-refractivity contribution >= 4 is 0 Å². The molecule has 100 valence electrons. The topological polar surface area (TPSA) is 42.4 Å². The molecule has 0 radical (unpaired) electrons. The maximum Gasteiger partial charge on any atom is 0.118 e. The molecule has 0 aliphatic heterocycles. The summed E-state index contributed by atoms with van der Waals surface area (Å²) in [6.07, 6.45) is 0. The van der Waals surface area contributed by atoms with E-state index in [4.69, 9.17) is 4.74 Å². The molecule has 2 rings (SSSR count). The molecule has 1 aromatic carbocycles. The Balaban J connectivity index is 2.40. The lowest BCUT2D eigenvalue weighted by atomic mass is 10.0. The van der Waals surface area contributed by atoms with Gasteiger partial charge in [-0.25, -0.2) is 0 Å². The highest BCUT2D eigenvalue weighted by atomic mass is 16.5. The van der Waals surface area contributed by atoms with Crippen molar-refractivity contribution in [2.45, 2.75) is 19.8 Å². The third kappa shape index (κ3) is 3.12. The van der Waals surface area contributed by atoms with E-state index in [1.165, 1.54) is 0 Å². The smallest absolute Gasteiger partial charge is 0.118 e. The van der Waals surface area contributed by atoms with Gasteiger partial charge in [0.25, 0.3) is 0 Å². The van der Waals surface area contributed by atoms with Gasteiger partial charge >= 0.3 is 0 Å². The molecule has 1 aromatic heterocycles. The molecule has 19 heavy (non-hydrogen) atoms. The van der Waals surface area contributed by atoms with Gasteiger partial charge in [0.2, 0.25) is 0 Å². The first-order valence-corrected chi connectivity index (χ1v) is 6.38. The molecule has 1 N–H and O–H groups in total. The summed E-state index contributed by atoms with van der Waals surface area (Å²) in [5.41, 5.74) is 4.05. The fourth-order valence-electron chi connectivity index (χ4n) is 1.95. The summed E-state index contributed by atoms with van der Waals surface area (Å²) in [6, 6.07) is 11.9. The summed E-state index contributed by atoms with van der Waals surface area (Å²) in [5, 5.41) is 9.25.